The maximum absolute atomic E-state index is 13.6. The Hall–Kier alpha value is -2.63. The van der Waals surface area contributed by atoms with Crippen LogP contribution in [0.25, 0.3) is 0 Å². The van der Waals surface area contributed by atoms with Gasteiger partial charge in [-0.15, -0.1) is 0 Å². The zero-order valence-corrected chi connectivity index (χ0v) is 13.6. The second-order valence-electron chi connectivity index (χ2n) is 6.01. The van der Waals surface area contributed by atoms with Crippen LogP contribution in [0.5, 0.6) is 0 Å². The number of aromatic nitrogens is 1. The third kappa shape index (κ3) is 3.48. The fourth-order valence-corrected chi connectivity index (χ4v) is 2.89. The molecule has 0 atom stereocenters. The lowest BCUT2D eigenvalue weighted by Gasteiger charge is -2.34. The summed E-state index contributed by atoms with van der Waals surface area (Å²) >= 11 is 0. The van der Waals surface area contributed by atoms with Crippen LogP contribution in [0.4, 0.5) is 4.39 Å². The molecule has 2 heterocycles. The molecule has 1 aliphatic rings. The van der Waals surface area contributed by atoms with E-state index in [9.17, 15) is 14.0 Å². The Morgan fingerprint density at radius 3 is 2.33 bits per heavy atom. The van der Waals surface area contributed by atoms with E-state index in [1.165, 1.54) is 6.07 Å². The van der Waals surface area contributed by atoms with Crippen molar-refractivity contribution in [1.29, 1.82) is 0 Å². The number of carbonyl (C=O) groups is 2. The summed E-state index contributed by atoms with van der Waals surface area (Å²) < 4.78 is 15.5. The molecule has 1 aromatic carbocycles. The molecule has 1 fully saturated rings. The van der Waals surface area contributed by atoms with Crippen LogP contribution in [0.15, 0.2) is 42.7 Å². The highest BCUT2D eigenvalue weighted by atomic mass is 19.1. The first-order valence-electron chi connectivity index (χ1n) is 7.97. The van der Waals surface area contributed by atoms with Crippen molar-refractivity contribution in [3.8, 4) is 0 Å². The molecular formula is C18H20FN3O2. The fraction of sp³-hybridized carbons (Fsp3) is 0.333. The number of rotatable bonds is 3. The van der Waals surface area contributed by atoms with Gasteiger partial charge in [0.2, 0.25) is 5.91 Å². The van der Waals surface area contributed by atoms with Gasteiger partial charge >= 0.3 is 0 Å². The zero-order valence-electron chi connectivity index (χ0n) is 13.6. The van der Waals surface area contributed by atoms with Gasteiger partial charge in [0.15, 0.2) is 0 Å². The Kier molecular flexibility index (Phi) is 4.64. The maximum Gasteiger partial charge on any atom is 0.255 e. The van der Waals surface area contributed by atoms with Gasteiger partial charge in [0.1, 0.15) is 5.82 Å². The monoisotopic (exact) mass is 329 g/mol. The summed E-state index contributed by atoms with van der Waals surface area (Å²) in [5.41, 5.74) is 1.06. The Morgan fingerprint density at radius 2 is 1.71 bits per heavy atom. The second-order valence-corrected chi connectivity index (χ2v) is 6.01. The van der Waals surface area contributed by atoms with Gasteiger partial charge in [0.05, 0.1) is 12.0 Å². The fourth-order valence-electron chi connectivity index (χ4n) is 2.89. The average molecular weight is 329 g/mol. The lowest BCUT2D eigenvalue weighted by atomic mass is 10.1. The molecule has 0 unspecified atom stereocenters. The van der Waals surface area contributed by atoms with Crippen molar-refractivity contribution in [2.24, 2.45) is 7.05 Å². The molecule has 0 aliphatic carbocycles. The van der Waals surface area contributed by atoms with Crippen LogP contribution in [0.2, 0.25) is 0 Å². The van der Waals surface area contributed by atoms with Gasteiger partial charge in [0.25, 0.3) is 5.91 Å². The first-order valence-corrected chi connectivity index (χ1v) is 7.97. The summed E-state index contributed by atoms with van der Waals surface area (Å²) in [5.74, 6) is -0.479. The molecule has 1 aliphatic heterocycles. The minimum Gasteiger partial charge on any atom is -0.356 e. The standard InChI is InChI=1S/C18H20FN3O2/c1-20-7-6-15(13-20)18(24)22-10-8-21(9-11-22)17(23)12-14-4-2-3-5-16(14)19/h2-7,13H,8-12H2,1H3. The number of benzene rings is 1. The molecule has 3 rings (SSSR count). The minimum absolute atomic E-state index is 0.0168. The molecule has 5 nitrogen and oxygen atoms in total. The van der Waals surface area contributed by atoms with Crippen LogP contribution in [-0.4, -0.2) is 52.4 Å². The Balaban J connectivity index is 1.56. The van der Waals surface area contributed by atoms with Gasteiger partial charge < -0.3 is 14.4 Å². The predicted molar refractivity (Wildman–Crippen MR) is 88.0 cm³/mol. The Bertz CT molecular complexity index is 748. The molecular weight excluding hydrogens is 309 g/mol. The number of halogens is 1. The summed E-state index contributed by atoms with van der Waals surface area (Å²) in [5, 5.41) is 0. The van der Waals surface area contributed by atoms with Crippen molar-refractivity contribution >= 4 is 11.8 Å². The van der Waals surface area contributed by atoms with E-state index in [0.717, 1.165) is 0 Å². The number of hydrogen-bond donors (Lipinski definition) is 0. The van der Waals surface area contributed by atoms with Crippen LogP contribution in [0.1, 0.15) is 15.9 Å². The zero-order chi connectivity index (χ0) is 17.1. The Morgan fingerprint density at radius 1 is 1.04 bits per heavy atom. The lowest BCUT2D eigenvalue weighted by molar-refractivity contribution is -0.132. The van der Waals surface area contributed by atoms with Gasteiger partial charge in [0, 0.05) is 45.6 Å². The molecule has 6 heteroatoms. The number of carbonyl (C=O) groups excluding carboxylic acids is 2. The summed E-state index contributed by atoms with van der Waals surface area (Å²) in [6, 6.07) is 8.11. The molecule has 0 N–H and O–H groups in total. The first-order chi connectivity index (χ1) is 11.5. The van der Waals surface area contributed by atoms with Gasteiger partial charge in [-0.3, -0.25) is 9.59 Å². The van der Waals surface area contributed by atoms with Crippen molar-refractivity contribution in [1.82, 2.24) is 14.4 Å². The minimum atomic E-state index is -0.358. The molecule has 24 heavy (non-hydrogen) atoms. The highest BCUT2D eigenvalue weighted by Crippen LogP contribution is 2.12. The lowest BCUT2D eigenvalue weighted by Crippen LogP contribution is -2.51. The number of hydrogen-bond acceptors (Lipinski definition) is 2. The van der Waals surface area contributed by atoms with Crippen molar-refractivity contribution in [2.75, 3.05) is 26.2 Å². The van der Waals surface area contributed by atoms with Gasteiger partial charge in [-0.05, 0) is 17.7 Å². The summed E-state index contributed by atoms with van der Waals surface area (Å²) in [4.78, 5) is 28.2. The Labute approximate surface area is 140 Å². The van der Waals surface area contributed by atoms with Gasteiger partial charge in [-0.2, -0.15) is 0 Å². The summed E-state index contributed by atoms with van der Waals surface area (Å²) in [7, 11) is 1.87. The van der Waals surface area contributed by atoms with Crippen LogP contribution in [0, 0.1) is 5.82 Å². The number of amides is 2. The van der Waals surface area contributed by atoms with Crippen molar-refractivity contribution in [3.63, 3.8) is 0 Å². The highest BCUT2D eigenvalue weighted by Gasteiger charge is 2.25. The third-order valence-corrected chi connectivity index (χ3v) is 4.30. The van der Waals surface area contributed by atoms with E-state index >= 15 is 0 Å². The quantitative estimate of drug-likeness (QED) is 0.860. The molecule has 0 spiro atoms. The third-order valence-electron chi connectivity index (χ3n) is 4.30. The SMILES string of the molecule is Cn1ccc(C(=O)N2CCN(C(=O)Cc3ccccc3F)CC2)c1. The number of piperazine rings is 1. The van der Waals surface area contributed by atoms with E-state index in [-0.39, 0.29) is 24.1 Å². The molecule has 2 aromatic rings. The van der Waals surface area contributed by atoms with Crippen LogP contribution >= 0.6 is 0 Å². The van der Waals surface area contributed by atoms with E-state index in [2.05, 4.69) is 0 Å². The van der Waals surface area contributed by atoms with E-state index < -0.39 is 0 Å². The number of aryl methyl sites for hydroxylation is 1. The normalized spacial score (nSPS) is 14.8. The summed E-state index contributed by atoms with van der Waals surface area (Å²) in [6.07, 6.45) is 3.68. The predicted octanol–water partition coefficient (Wildman–Crippen LogP) is 1.69. The molecule has 0 saturated carbocycles. The van der Waals surface area contributed by atoms with Gasteiger partial charge in [-0.25, -0.2) is 4.39 Å². The first kappa shape index (κ1) is 16.2. The molecule has 2 amide bonds. The topological polar surface area (TPSA) is 45.6 Å². The second kappa shape index (κ2) is 6.86. The van der Waals surface area contributed by atoms with E-state index in [1.54, 1.807) is 40.3 Å². The van der Waals surface area contributed by atoms with Crippen molar-refractivity contribution in [2.45, 2.75) is 6.42 Å². The smallest absolute Gasteiger partial charge is 0.255 e. The maximum atomic E-state index is 13.6. The molecule has 1 aromatic heterocycles. The largest absolute Gasteiger partial charge is 0.356 e. The van der Waals surface area contributed by atoms with Gasteiger partial charge in [-0.1, -0.05) is 18.2 Å². The van der Waals surface area contributed by atoms with Crippen molar-refractivity contribution in [3.05, 3.63) is 59.7 Å². The van der Waals surface area contributed by atoms with E-state index in [4.69, 9.17) is 0 Å². The molecule has 126 valence electrons. The van der Waals surface area contributed by atoms with E-state index in [1.807, 2.05) is 17.8 Å². The van der Waals surface area contributed by atoms with Crippen LogP contribution in [0.3, 0.4) is 0 Å². The van der Waals surface area contributed by atoms with Crippen LogP contribution in [-0.2, 0) is 18.3 Å². The molecule has 1 saturated heterocycles. The average Bonchev–Trinajstić information content (AvgIpc) is 3.03. The van der Waals surface area contributed by atoms with E-state index in [0.29, 0.717) is 37.3 Å². The summed E-state index contributed by atoms with van der Waals surface area (Å²) in [6.45, 7) is 1.95. The number of nitrogens with zero attached hydrogens (tertiary/aromatic N) is 3. The molecule has 0 bridgehead atoms. The van der Waals surface area contributed by atoms with Crippen molar-refractivity contribution < 1.29 is 14.0 Å². The highest BCUT2D eigenvalue weighted by molar-refractivity contribution is 5.94. The van der Waals surface area contributed by atoms with Crippen LogP contribution < -0.4 is 0 Å². The molecule has 0 radical (unpaired) electrons.